The molecule has 1 heterocycles. The Hall–Kier alpha value is -2.05. The maximum atomic E-state index is 9.43. The monoisotopic (exact) mass is 334 g/mol. The van der Waals surface area contributed by atoms with Crippen LogP contribution in [0.15, 0.2) is 24.3 Å². The van der Waals surface area contributed by atoms with E-state index in [9.17, 15) is 5.11 Å². The molecule has 0 unspecified atom stereocenters. The van der Waals surface area contributed by atoms with Gasteiger partial charge in [-0.15, -0.1) is 0 Å². The van der Waals surface area contributed by atoms with Gasteiger partial charge in [-0.3, -0.25) is 0 Å². The summed E-state index contributed by atoms with van der Waals surface area (Å²) in [6.07, 6.45) is 2.93. The Balaban J connectivity index is 1.82. The van der Waals surface area contributed by atoms with E-state index >= 15 is 0 Å². The van der Waals surface area contributed by atoms with E-state index < -0.39 is 0 Å². The largest absolute Gasteiger partial charge is 0.508 e. The number of rotatable bonds is 7. The zero-order valence-corrected chi connectivity index (χ0v) is 13.3. The number of benzene rings is 1. The quantitative estimate of drug-likeness (QED) is 0.459. The summed E-state index contributed by atoms with van der Waals surface area (Å²) in [6, 6.07) is 6.68. The lowest BCUT2D eigenvalue weighted by Crippen LogP contribution is -2.09. The van der Waals surface area contributed by atoms with E-state index in [2.05, 4.69) is 20.6 Å². The number of hydrogen-bond donors (Lipinski definition) is 4. The number of aliphatic hydroxyl groups is 1. The summed E-state index contributed by atoms with van der Waals surface area (Å²) in [5.41, 5.74) is 1.68. The van der Waals surface area contributed by atoms with E-state index in [-0.39, 0.29) is 12.4 Å². The fraction of sp³-hybridized carbons (Fsp3) is 0.375. The van der Waals surface area contributed by atoms with Gasteiger partial charge in [0, 0.05) is 31.2 Å². The molecule has 0 amide bonds. The van der Waals surface area contributed by atoms with Crippen molar-refractivity contribution in [3.05, 3.63) is 35.0 Å². The minimum Gasteiger partial charge on any atom is -0.508 e. The fourth-order valence-corrected chi connectivity index (χ4v) is 2.44. The predicted molar refractivity (Wildman–Crippen MR) is 90.6 cm³/mol. The lowest BCUT2D eigenvalue weighted by Gasteiger charge is -2.12. The smallest absolute Gasteiger partial charge is 0.224 e. The fourth-order valence-electron chi connectivity index (χ4n) is 2.22. The van der Waals surface area contributed by atoms with Gasteiger partial charge in [-0.1, -0.05) is 11.6 Å². The third kappa shape index (κ3) is 4.24. The van der Waals surface area contributed by atoms with Crippen LogP contribution in [0.25, 0.3) is 0 Å². The van der Waals surface area contributed by atoms with Gasteiger partial charge < -0.3 is 20.8 Å². The number of nitrogens with zero attached hydrogens (tertiary/aromatic N) is 2. The maximum Gasteiger partial charge on any atom is 0.224 e. The van der Waals surface area contributed by atoms with E-state index in [4.69, 9.17) is 16.7 Å². The Morgan fingerprint density at radius 3 is 2.74 bits per heavy atom. The van der Waals surface area contributed by atoms with Gasteiger partial charge in [-0.2, -0.15) is 4.98 Å². The summed E-state index contributed by atoms with van der Waals surface area (Å²) in [5, 5.41) is 25.0. The van der Waals surface area contributed by atoms with Crippen LogP contribution in [-0.4, -0.2) is 33.3 Å². The molecule has 1 aliphatic rings. The van der Waals surface area contributed by atoms with E-state index in [1.165, 1.54) is 6.07 Å². The average molecular weight is 335 g/mol. The van der Waals surface area contributed by atoms with Crippen LogP contribution in [0.2, 0.25) is 5.02 Å². The Kier molecular flexibility index (Phi) is 4.83. The first kappa shape index (κ1) is 15.8. The molecule has 1 aromatic heterocycles. The SMILES string of the molecule is OCCCNc1nc(Nc2ccc(O)cc2Cl)cc(C2CC2)n1. The Morgan fingerprint density at radius 2 is 2.04 bits per heavy atom. The number of aromatic hydroxyl groups is 1. The molecule has 6 nitrogen and oxygen atoms in total. The number of hydrogen-bond acceptors (Lipinski definition) is 6. The molecule has 2 aromatic rings. The van der Waals surface area contributed by atoms with Crippen LogP contribution in [-0.2, 0) is 0 Å². The molecule has 1 aliphatic carbocycles. The molecule has 122 valence electrons. The van der Waals surface area contributed by atoms with Crippen LogP contribution in [0, 0.1) is 0 Å². The van der Waals surface area contributed by atoms with Crippen molar-refractivity contribution in [2.75, 3.05) is 23.8 Å². The van der Waals surface area contributed by atoms with Gasteiger partial charge in [0.2, 0.25) is 5.95 Å². The third-order valence-electron chi connectivity index (χ3n) is 3.57. The molecule has 1 saturated carbocycles. The zero-order valence-electron chi connectivity index (χ0n) is 12.6. The summed E-state index contributed by atoms with van der Waals surface area (Å²) in [6.45, 7) is 0.744. The molecule has 0 radical (unpaired) electrons. The standard InChI is InChI=1S/C16H19ClN4O2/c17-12-8-11(23)4-5-13(12)19-15-9-14(10-2-3-10)20-16(21-15)18-6-1-7-22/h4-5,8-10,22-23H,1-3,6-7H2,(H2,18,19,20,21). The molecule has 0 atom stereocenters. The highest BCUT2D eigenvalue weighted by molar-refractivity contribution is 6.33. The topological polar surface area (TPSA) is 90.3 Å². The second-order valence-corrected chi connectivity index (χ2v) is 5.98. The van der Waals surface area contributed by atoms with Crippen LogP contribution in [0.1, 0.15) is 30.9 Å². The predicted octanol–water partition coefficient (Wildman–Crippen LogP) is 3.25. The van der Waals surface area contributed by atoms with Gasteiger partial charge in [-0.25, -0.2) is 4.98 Å². The number of phenols is 1. The average Bonchev–Trinajstić information content (AvgIpc) is 3.35. The molecular formula is C16H19ClN4O2. The summed E-state index contributed by atoms with van der Waals surface area (Å²) in [5.74, 6) is 1.81. The van der Waals surface area contributed by atoms with Crippen molar-refractivity contribution in [3.8, 4) is 5.75 Å². The summed E-state index contributed by atoms with van der Waals surface area (Å²) in [7, 11) is 0. The molecule has 7 heteroatoms. The maximum absolute atomic E-state index is 9.43. The van der Waals surface area contributed by atoms with Crippen LogP contribution in [0.3, 0.4) is 0 Å². The molecule has 1 aromatic carbocycles. The lowest BCUT2D eigenvalue weighted by atomic mass is 10.2. The van der Waals surface area contributed by atoms with Gasteiger partial charge in [0.15, 0.2) is 0 Å². The lowest BCUT2D eigenvalue weighted by molar-refractivity contribution is 0.292. The number of aliphatic hydroxyl groups excluding tert-OH is 1. The minimum absolute atomic E-state index is 0.119. The molecule has 4 N–H and O–H groups in total. The van der Waals surface area contributed by atoms with E-state index in [0.717, 1.165) is 18.5 Å². The third-order valence-corrected chi connectivity index (χ3v) is 3.89. The first-order valence-corrected chi connectivity index (χ1v) is 8.03. The van der Waals surface area contributed by atoms with Crippen molar-refractivity contribution >= 4 is 29.1 Å². The molecule has 0 aliphatic heterocycles. The van der Waals surface area contributed by atoms with Crippen LogP contribution in [0.5, 0.6) is 5.75 Å². The number of aromatic nitrogens is 2. The number of phenolic OH excluding ortho intramolecular Hbond substituents is 1. The first-order valence-electron chi connectivity index (χ1n) is 7.65. The van der Waals surface area contributed by atoms with Crippen molar-refractivity contribution in [1.82, 2.24) is 9.97 Å². The summed E-state index contributed by atoms with van der Waals surface area (Å²) < 4.78 is 0. The normalized spacial score (nSPS) is 13.8. The number of nitrogens with one attached hydrogen (secondary N) is 2. The molecule has 0 spiro atoms. The second kappa shape index (κ2) is 7.02. The van der Waals surface area contributed by atoms with Gasteiger partial charge >= 0.3 is 0 Å². The van der Waals surface area contributed by atoms with Gasteiger partial charge in [-0.05, 0) is 31.4 Å². The minimum atomic E-state index is 0.119. The van der Waals surface area contributed by atoms with E-state index in [0.29, 0.717) is 41.4 Å². The van der Waals surface area contributed by atoms with Crippen LogP contribution in [0.4, 0.5) is 17.5 Å². The van der Waals surface area contributed by atoms with E-state index in [1.807, 2.05) is 6.07 Å². The molecular weight excluding hydrogens is 316 g/mol. The van der Waals surface area contributed by atoms with Gasteiger partial charge in [0.05, 0.1) is 16.4 Å². The zero-order chi connectivity index (χ0) is 16.2. The first-order chi connectivity index (χ1) is 11.2. The highest BCUT2D eigenvalue weighted by Crippen LogP contribution is 2.40. The van der Waals surface area contributed by atoms with Crippen molar-refractivity contribution in [1.29, 1.82) is 0 Å². The van der Waals surface area contributed by atoms with Crippen LogP contribution >= 0.6 is 11.6 Å². The van der Waals surface area contributed by atoms with Crippen molar-refractivity contribution in [2.24, 2.45) is 0 Å². The Labute approximate surface area is 139 Å². The molecule has 0 bridgehead atoms. The van der Waals surface area contributed by atoms with Gasteiger partial charge in [0.1, 0.15) is 11.6 Å². The highest BCUT2D eigenvalue weighted by Gasteiger charge is 2.26. The van der Waals surface area contributed by atoms with Crippen molar-refractivity contribution < 1.29 is 10.2 Å². The second-order valence-electron chi connectivity index (χ2n) is 5.57. The van der Waals surface area contributed by atoms with Crippen LogP contribution < -0.4 is 10.6 Å². The molecule has 0 saturated heterocycles. The molecule has 3 rings (SSSR count). The Morgan fingerprint density at radius 1 is 1.22 bits per heavy atom. The number of halogens is 1. The summed E-state index contributed by atoms with van der Waals surface area (Å²) >= 11 is 6.13. The van der Waals surface area contributed by atoms with Crippen molar-refractivity contribution in [3.63, 3.8) is 0 Å². The molecule has 23 heavy (non-hydrogen) atoms. The molecule has 1 fully saturated rings. The summed E-state index contributed by atoms with van der Waals surface area (Å²) in [4.78, 5) is 8.97. The highest BCUT2D eigenvalue weighted by atomic mass is 35.5. The van der Waals surface area contributed by atoms with E-state index in [1.54, 1.807) is 12.1 Å². The Bertz CT molecular complexity index is 692. The van der Waals surface area contributed by atoms with Gasteiger partial charge in [0.25, 0.3) is 0 Å². The number of anilines is 3. The van der Waals surface area contributed by atoms with Crippen molar-refractivity contribution in [2.45, 2.75) is 25.2 Å².